The van der Waals surface area contributed by atoms with Crippen molar-refractivity contribution in [1.29, 1.82) is 0 Å². The molecule has 0 bridgehead atoms. The molecule has 8 nitrogen and oxygen atoms in total. The van der Waals surface area contributed by atoms with E-state index in [4.69, 9.17) is 4.74 Å². The van der Waals surface area contributed by atoms with Crippen LogP contribution >= 0.6 is 0 Å². The average Bonchev–Trinajstić information content (AvgIpc) is 2.69. The standard InChI is InChI=1S/C19H24N4O4S/c1-15-5-2-3-13-23(15)28(25,26)14-12-20-18(24)16-6-8-17(9-7-16)27-19-21-10-4-11-22-19/h4,6-11,15H,2-3,5,12-14H2,1H3,(H,20,24). The third-order valence-corrected chi connectivity index (χ3v) is 6.59. The van der Waals surface area contributed by atoms with E-state index in [9.17, 15) is 13.2 Å². The molecule has 1 aliphatic heterocycles. The number of piperidine rings is 1. The molecule has 1 atom stereocenters. The molecule has 1 aliphatic rings. The zero-order valence-electron chi connectivity index (χ0n) is 15.7. The van der Waals surface area contributed by atoms with E-state index in [1.807, 2.05) is 6.92 Å². The van der Waals surface area contributed by atoms with E-state index in [1.54, 1.807) is 47.0 Å². The van der Waals surface area contributed by atoms with E-state index in [0.29, 0.717) is 17.9 Å². The molecule has 3 rings (SSSR count). The number of hydrogen-bond donors (Lipinski definition) is 1. The SMILES string of the molecule is CC1CCCCN1S(=O)(=O)CCNC(=O)c1ccc(Oc2ncccn2)cc1. The number of carbonyl (C=O) groups excluding carboxylic acids is 1. The number of amides is 1. The van der Waals surface area contributed by atoms with E-state index >= 15 is 0 Å². The molecular formula is C19H24N4O4S. The van der Waals surface area contributed by atoms with Crippen molar-refractivity contribution in [1.82, 2.24) is 19.6 Å². The number of aromatic nitrogens is 2. The summed E-state index contributed by atoms with van der Waals surface area (Å²) < 4.78 is 32.0. The van der Waals surface area contributed by atoms with E-state index in [2.05, 4.69) is 15.3 Å². The number of rotatable bonds is 7. The Morgan fingerprint density at radius 1 is 1.21 bits per heavy atom. The van der Waals surface area contributed by atoms with E-state index in [-0.39, 0.29) is 30.3 Å². The summed E-state index contributed by atoms with van der Waals surface area (Å²) in [7, 11) is -3.37. The Morgan fingerprint density at radius 2 is 1.93 bits per heavy atom. The highest BCUT2D eigenvalue weighted by atomic mass is 32.2. The third-order valence-electron chi connectivity index (χ3n) is 4.61. The van der Waals surface area contributed by atoms with Gasteiger partial charge < -0.3 is 10.1 Å². The van der Waals surface area contributed by atoms with Gasteiger partial charge in [0, 0.05) is 37.1 Å². The number of nitrogens with one attached hydrogen (secondary N) is 1. The van der Waals surface area contributed by atoms with Gasteiger partial charge in [0.1, 0.15) is 5.75 Å². The normalized spacial score (nSPS) is 17.8. The summed E-state index contributed by atoms with van der Waals surface area (Å²) in [4.78, 5) is 20.2. The van der Waals surface area contributed by atoms with Crippen molar-refractivity contribution in [3.8, 4) is 11.8 Å². The molecule has 1 aromatic carbocycles. The van der Waals surface area contributed by atoms with Gasteiger partial charge in [0.05, 0.1) is 5.75 Å². The molecular weight excluding hydrogens is 380 g/mol. The molecule has 9 heteroatoms. The molecule has 0 spiro atoms. The van der Waals surface area contributed by atoms with Crippen molar-refractivity contribution in [3.05, 3.63) is 48.3 Å². The summed E-state index contributed by atoms with van der Waals surface area (Å²) in [5.41, 5.74) is 0.421. The maximum absolute atomic E-state index is 12.5. The Morgan fingerprint density at radius 3 is 2.61 bits per heavy atom. The second-order valence-corrected chi connectivity index (χ2v) is 8.73. The van der Waals surface area contributed by atoms with Crippen molar-refractivity contribution in [2.24, 2.45) is 0 Å². The van der Waals surface area contributed by atoms with E-state index < -0.39 is 10.0 Å². The van der Waals surface area contributed by atoms with Gasteiger partial charge in [0.25, 0.3) is 5.91 Å². The topological polar surface area (TPSA) is 101 Å². The molecule has 0 saturated carbocycles. The van der Waals surface area contributed by atoms with Crippen LogP contribution in [-0.2, 0) is 10.0 Å². The maximum atomic E-state index is 12.5. The molecule has 1 fully saturated rings. The van der Waals surface area contributed by atoms with Crippen LogP contribution in [0, 0.1) is 0 Å². The quantitative estimate of drug-likeness (QED) is 0.759. The van der Waals surface area contributed by atoms with Crippen molar-refractivity contribution in [2.45, 2.75) is 32.2 Å². The minimum atomic E-state index is -3.37. The largest absolute Gasteiger partial charge is 0.424 e. The zero-order chi connectivity index (χ0) is 20.0. The molecule has 1 amide bonds. The van der Waals surface area contributed by atoms with Gasteiger partial charge >= 0.3 is 6.01 Å². The molecule has 28 heavy (non-hydrogen) atoms. The predicted octanol–water partition coefficient (Wildman–Crippen LogP) is 2.20. The number of sulfonamides is 1. The highest BCUT2D eigenvalue weighted by Crippen LogP contribution is 2.20. The van der Waals surface area contributed by atoms with Gasteiger partial charge in [-0.15, -0.1) is 0 Å². The second kappa shape index (κ2) is 9.11. The molecule has 1 N–H and O–H groups in total. The summed E-state index contributed by atoms with van der Waals surface area (Å²) in [5, 5.41) is 2.67. The van der Waals surface area contributed by atoms with Crippen molar-refractivity contribution in [3.63, 3.8) is 0 Å². The van der Waals surface area contributed by atoms with Crippen molar-refractivity contribution >= 4 is 15.9 Å². The van der Waals surface area contributed by atoms with Gasteiger partial charge in [-0.1, -0.05) is 6.42 Å². The van der Waals surface area contributed by atoms with E-state index in [0.717, 1.165) is 19.3 Å². The molecule has 1 aromatic heterocycles. The molecule has 2 heterocycles. The Bertz CT molecular complexity index is 888. The van der Waals surface area contributed by atoms with Crippen LogP contribution in [0.3, 0.4) is 0 Å². The van der Waals surface area contributed by atoms with Gasteiger partial charge in [-0.3, -0.25) is 4.79 Å². The Kier molecular flexibility index (Phi) is 6.58. The van der Waals surface area contributed by atoms with Crippen LogP contribution in [0.2, 0.25) is 0 Å². The highest BCUT2D eigenvalue weighted by molar-refractivity contribution is 7.89. The number of nitrogens with zero attached hydrogens (tertiary/aromatic N) is 3. The smallest absolute Gasteiger partial charge is 0.321 e. The highest BCUT2D eigenvalue weighted by Gasteiger charge is 2.29. The summed E-state index contributed by atoms with van der Waals surface area (Å²) in [6.45, 7) is 2.56. The fourth-order valence-corrected chi connectivity index (χ4v) is 4.77. The summed E-state index contributed by atoms with van der Waals surface area (Å²) in [6.07, 6.45) is 5.97. The molecule has 0 aliphatic carbocycles. The second-order valence-electron chi connectivity index (χ2n) is 6.69. The minimum Gasteiger partial charge on any atom is -0.424 e. The Hall–Kier alpha value is -2.52. The minimum absolute atomic E-state index is 0.0237. The van der Waals surface area contributed by atoms with Gasteiger partial charge in [0.2, 0.25) is 10.0 Å². The number of carbonyl (C=O) groups is 1. The first-order valence-corrected chi connectivity index (χ1v) is 10.9. The van der Waals surface area contributed by atoms with Gasteiger partial charge in [-0.05, 0) is 50.1 Å². The zero-order valence-corrected chi connectivity index (χ0v) is 16.6. The summed E-state index contributed by atoms with van der Waals surface area (Å²) >= 11 is 0. The first-order chi connectivity index (χ1) is 13.5. The number of ether oxygens (including phenoxy) is 1. The van der Waals surface area contributed by atoms with Gasteiger partial charge in [-0.2, -0.15) is 4.31 Å². The van der Waals surface area contributed by atoms with Crippen LogP contribution in [0.4, 0.5) is 0 Å². The van der Waals surface area contributed by atoms with Crippen LogP contribution in [-0.4, -0.2) is 53.5 Å². The fraction of sp³-hybridized carbons (Fsp3) is 0.421. The van der Waals surface area contributed by atoms with Gasteiger partial charge in [0.15, 0.2) is 0 Å². The Labute approximate surface area is 165 Å². The lowest BCUT2D eigenvalue weighted by Crippen LogP contribution is -2.45. The third kappa shape index (κ3) is 5.26. The molecule has 1 saturated heterocycles. The monoisotopic (exact) mass is 404 g/mol. The summed E-state index contributed by atoms with van der Waals surface area (Å²) in [5.74, 6) is 0.0733. The predicted molar refractivity (Wildman–Crippen MR) is 105 cm³/mol. The lowest BCUT2D eigenvalue weighted by atomic mass is 10.1. The maximum Gasteiger partial charge on any atom is 0.321 e. The van der Waals surface area contributed by atoms with Crippen molar-refractivity contribution in [2.75, 3.05) is 18.8 Å². The van der Waals surface area contributed by atoms with Crippen LogP contribution in [0.15, 0.2) is 42.7 Å². The van der Waals surface area contributed by atoms with Crippen LogP contribution in [0.5, 0.6) is 11.8 Å². The van der Waals surface area contributed by atoms with E-state index in [1.165, 1.54) is 0 Å². The lowest BCUT2D eigenvalue weighted by molar-refractivity contribution is 0.0956. The average molecular weight is 404 g/mol. The Balaban J connectivity index is 1.50. The van der Waals surface area contributed by atoms with Crippen molar-refractivity contribution < 1.29 is 17.9 Å². The van der Waals surface area contributed by atoms with Crippen LogP contribution in [0.1, 0.15) is 36.5 Å². The number of hydrogen-bond acceptors (Lipinski definition) is 6. The summed E-state index contributed by atoms with van der Waals surface area (Å²) in [6, 6.07) is 8.41. The molecule has 0 radical (unpaired) electrons. The van der Waals surface area contributed by atoms with Gasteiger partial charge in [-0.25, -0.2) is 18.4 Å². The molecule has 150 valence electrons. The van der Waals surface area contributed by atoms with Crippen LogP contribution < -0.4 is 10.1 Å². The number of benzene rings is 1. The van der Waals surface area contributed by atoms with Crippen LogP contribution in [0.25, 0.3) is 0 Å². The first kappa shape index (κ1) is 20.2. The lowest BCUT2D eigenvalue weighted by Gasteiger charge is -2.32. The fourth-order valence-electron chi connectivity index (χ4n) is 3.12. The molecule has 1 unspecified atom stereocenters. The first-order valence-electron chi connectivity index (χ1n) is 9.28. The molecule has 2 aromatic rings.